The molecule has 182 valence electrons. The SMILES string of the molecule is NC(=O)c1ccc(NC(=O)COc2coc(CN3CCN(Cc4ccccc4)CC3)cc2=O)cc1. The number of anilines is 1. The lowest BCUT2D eigenvalue weighted by Gasteiger charge is -2.34. The highest BCUT2D eigenvalue weighted by Gasteiger charge is 2.18. The summed E-state index contributed by atoms with van der Waals surface area (Å²) in [5, 5.41) is 2.62. The zero-order valence-corrected chi connectivity index (χ0v) is 19.3. The summed E-state index contributed by atoms with van der Waals surface area (Å²) in [6.45, 7) is 4.77. The zero-order valence-electron chi connectivity index (χ0n) is 19.3. The van der Waals surface area contributed by atoms with Gasteiger partial charge in [0.15, 0.2) is 6.61 Å². The van der Waals surface area contributed by atoms with Gasteiger partial charge in [-0.2, -0.15) is 0 Å². The lowest BCUT2D eigenvalue weighted by molar-refractivity contribution is -0.118. The molecule has 1 saturated heterocycles. The summed E-state index contributed by atoms with van der Waals surface area (Å²) in [5.74, 6) is -0.473. The van der Waals surface area contributed by atoms with Crippen molar-refractivity contribution >= 4 is 17.5 Å². The Kier molecular flexibility index (Phi) is 7.92. The van der Waals surface area contributed by atoms with E-state index in [2.05, 4.69) is 39.4 Å². The molecule has 2 aromatic carbocycles. The first-order valence-corrected chi connectivity index (χ1v) is 11.4. The third-order valence-corrected chi connectivity index (χ3v) is 5.76. The Labute approximate surface area is 203 Å². The van der Waals surface area contributed by atoms with E-state index in [1.54, 1.807) is 12.1 Å². The molecule has 2 heterocycles. The van der Waals surface area contributed by atoms with Gasteiger partial charge in [-0.3, -0.25) is 24.2 Å². The molecule has 2 amide bonds. The number of nitrogens with zero attached hydrogens (tertiary/aromatic N) is 2. The standard InChI is InChI=1S/C26H28N4O5/c27-26(33)20-6-8-21(9-7-20)28-25(32)18-35-24-17-34-22(14-23(24)31)16-30-12-10-29(11-13-30)15-19-4-2-1-3-5-19/h1-9,14,17H,10-13,15-16,18H2,(H2,27,33)(H,28,32). The maximum Gasteiger partial charge on any atom is 0.262 e. The van der Waals surface area contributed by atoms with Crippen LogP contribution in [-0.4, -0.2) is 54.4 Å². The van der Waals surface area contributed by atoms with Crippen molar-refractivity contribution in [3.8, 4) is 5.75 Å². The number of nitrogens with one attached hydrogen (secondary N) is 1. The average Bonchev–Trinajstić information content (AvgIpc) is 2.86. The third kappa shape index (κ3) is 7.02. The molecule has 4 rings (SSSR count). The third-order valence-electron chi connectivity index (χ3n) is 5.76. The summed E-state index contributed by atoms with van der Waals surface area (Å²) in [6.07, 6.45) is 1.25. The van der Waals surface area contributed by atoms with Gasteiger partial charge in [-0.15, -0.1) is 0 Å². The highest BCUT2D eigenvalue weighted by atomic mass is 16.5. The number of rotatable bonds is 9. The van der Waals surface area contributed by atoms with Gasteiger partial charge in [-0.05, 0) is 29.8 Å². The Morgan fingerprint density at radius 3 is 2.23 bits per heavy atom. The van der Waals surface area contributed by atoms with E-state index in [0.29, 0.717) is 23.6 Å². The number of amides is 2. The summed E-state index contributed by atoms with van der Waals surface area (Å²) >= 11 is 0. The van der Waals surface area contributed by atoms with Crippen molar-refractivity contribution in [2.45, 2.75) is 13.1 Å². The van der Waals surface area contributed by atoms with Crippen LogP contribution in [-0.2, 0) is 17.9 Å². The van der Waals surface area contributed by atoms with Crippen LogP contribution in [0.5, 0.6) is 5.75 Å². The minimum Gasteiger partial charge on any atom is -0.477 e. The summed E-state index contributed by atoms with van der Waals surface area (Å²) < 4.78 is 10.9. The molecule has 0 bridgehead atoms. The number of hydrogen-bond donors (Lipinski definition) is 2. The highest BCUT2D eigenvalue weighted by Crippen LogP contribution is 2.13. The van der Waals surface area contributed by atoms with E-state index in [0.717, 1.165) is 32.7 Å². The first-order valence-electron chi connectivity index (χ1n) is 11.4. The fraction of sp³-hybridized carbons (Fsp3) is 0.269. The second kappa shape index (κ2) is 11.5. The van der Waals surface area contributed by atoms with Gasteiger partial charge in [-0.1, -0.05) is 30.3 Å². The molecule has 0 aliphatic carbocycles. The second-order valence-corrected chi connectivity index (χ2v) is 8.39. The van der Waals surface area contributed by atoms with Crippen LogP contribution in [0.1, 0.15) is 21.7 Å². The minimum absolute atomic E-state index is 0.0272. The van der Waals surface area contributed by atoms with Gasteiger partial charge in [0.25, 0.3) is 5.91 Å². The topological polar surface area (TPSA) is 118 Å². The van der Waals surface area contributed by atoms with Crippen molar-refractivity contribution in [3.05, 3.63) is 94.0 Å². The number of hydrogen-bond acceptors (Lipinski definition) is 7. The van der Waals surface area contributed by atoms with Gasteiger partial charge in [0.2, 0.25) is 17.1 Å². The van der Waals surface area contributed by atoms with Crippen LogP contribution in [0.3, 0.4) is 0 Å². The molecule has 1 aliphatic rings. The van der Waals surface area contributed by atoms with Crippen molar-refractivity contribution in [3.63, 3.8) is 0 Å². The van der Waals surface area contributed by atoms with E-state index >= 15 is 0 Å². The number of ether oxygens (including phenoxy) is 1. The zero-order chi connectivity index (χ0) is 24.6. The van der Waals surface area contributed by atoms with Crippen LogP contribution in [0.2, 0.25) is 0 Å². The molecule has 9 heteroatoms. The molecule has 35 heavy (non-hydrogen) atoms. The van der Waals surface area contributed by atoms with Crippen molar-refractivity contribution in [2.75, 3.05) is 38.1 Å². The van der Waals surface area contributed by atoms with Crippen LogP contribution in [0.4, 0.5) is 5.69 Å². The van der Waals surface area contributed by atoms with Gasteiger partial charge in [0.05, 0.1) is 6.54 Å². The van der Waals surface area contributed by atoms with Gasteiger partial charge in [0, 0.05) is 50.0 Å². The lowest BCUT2D eigenvalue weighted by Crippen LogP contribution is -2.45. The number of carbonyl (C=O) groups excluding carboxylic acids is 2. The van der Waals surface area contributed by atoms with E-state index < -0.39 is 11.8 Å². The van der Waals surface area contributed by atoms with E-state index in [-0.39, 0.29) is 17.8 Å². The molecule has 1 fully saturated rings. The van der Waals surface area contributed by atoms with Crippen LogP contribution in [0.15, 0.2) is 76.1 Å². The van der Waals surface area contributed by atoms with Crippen molar-refractivity contribution in [1.82, 2.24) is 9.80 Å². The first-order chi connectivity index (χ1) is 17.0. The highest BCUT2D eigenvalue weighted by molar-refractivity contribution is 5.95. The molecule has 1 aliphatic heterocycles. The number of primary amides is 1. The Bertz CT molecular complexity index is 1200. The molecule has 0 unspecified atom stereocenters. The molecular formula is C26H28N4O5. The molecule has 0 saturated carbocycles. The second-order valence-electron chi connectivity index (χ2n) is 8.39. The smallest absolute Gasteiger partial charge is 0.262 e. The number of nitrogens with two attached hydrogens (primary N) is 1. The number of benzene rings is 2. The quantitative estimate of drug-likeness (QED) is 0.485. The van der Waals surface area contributed by atoms with E-state index in [4.69, 9.17) is 14.9 Å². The van der Waals surface area contributed by atoms with Crippen LogP contribution in [0, 0.1) is 0 Å². The number of piperazine rings is 1. The summed E-state index contributed by atoms with van der Waals surface area (Å²) in [5.41, 5.74) is 6.98. The molecule has 1 aromatic heterocycles. The normalized spacial score (nSPS) is 14.4. The Balaban J connectivity index is 1.22. The van der Waals surface area contributed by atoms with Gasteiger partial charge >= 0.3 is 0 Å². The summed E-state index contributed by atoms with van der Waals surface area (Å²) in [6, 6.07) is 17.9. The molecule has 0 atom stereocenters. The monoisotopic (exact) mass is 476 g/mol. The average molecular weight is 477 g/mol. The predicted molar refractivity (Wildman–Crippen MR) is 131 cm³/mol. The van der Waals surface area contributed by atoms with Crippen molar-refractivity contribution < 1.29 is 18.7 Å². The van der Waals surface area contributed by atoms with Crippen molar-refractivity contribution in [1.29, 1.82) is 0 Å². The summed E-state index contributed by atoms with van der Waals surface area (Å²) in [4.78, 5) is 40.3. The molecule has 0 spiro atoms. The molecule has 9 nitrogen and oxygen atoms in total. The van der Waals surface area contributed by atoms with Gasteiger partial charge < -0.3 is 20.2 Å². The first kappa shape index (κ1) is 24.2. The molecule has 3 N–H and O–H groups in total. The number of carbonyl (C=O) groups is 2. The Hall–Kier alpha value is -3.95. The van der Waals surface area contributed by atoms with E-state index in [9.17, 15) is 14.4 Å². The van der Waals surface area contributed by atoms with E-state index in [1.807, 2.05) is 6.07 Å². The molecular weight excluding hydrogens is 448 g/mol. The fourth-order valence-corrected chi connectivity index (χ4v) is 3.85. The molecule has 3 aromatic rings. The van der Waals surface area contributed by atoms with Crippen LogP contribution < -0.4 is 21.2 Å². The van der Waals surface area contributed by atoms with Crippen molar-refractivity contribution in [2.24, 2.45) is 5.73 Å². The maximum absolute atomic E-state index is 12.4. The Morgan fingerprint density at radius 2 is 1.60 bits per heavy atom. The van der Waals surface area contributed by atoms with Gasteiger partial charge in [-0.25, -0.2) is 0 Å². The van der Waals surface area contributed by atoms with E-state index in [1.165, 1.54) is 30.0 Å². The predicted octanol–water partition coefficient (Wildman–Crippen LogP) is 2.07. The Morgan fingerprint density at radius 1 is 0.943 bits per heavy atom. The van der Waals surface area contributed by atoms with Gasteiger partial charge in [0.1, 0.15) is 12.0 Å². The molecule has 0 radical (unpaired) electrons. The maximum atomic E-state index is 12.4. The lowest BCUT2D eigenvalue weighted by atomic mass is 10.2. The van der Waals surface area contributed by atoms with Crippen LogP contribution in [0.25, 0.3) is 0 Å². The summed E-state index contributed by atoms with van der Waals surface area (Å²) in [7, 11) is 0. The fourth-order valence-electron chi connectivity index (χ4n) is 3.85. The van der Waals surface area contributed by atoms with Crippen LogP contribution >= 0.6 is 0 Å². The largest absolute Gasteiger partial charge is 0.477 e. The minimum atomic E-state index is -0.549.